The Balaban J connectivity index is 1.35. The van der Waals surface area contributed by atoms with Crippen LogP contribution in [0, 0.1) is 0 Å². The van der Waals surface area contributed by atoms with Crippen LogP contribution in [0.3, 0.4) is 0 Å². The summed E-state index contributed by atoms with van der Waals surface area (Å²) in [7, 11) is 1.67. The third-order valence-electron chi connectivity index (χ3n) is 4.65. The lowest BCUT2D eigenvalue weighted by Crippen LogP contribution is -2.40. The third-order valence-corrected chi connectivity index (χ3v) is 4.65. The first-order chi connectivity index (χ1) is 11.8. The first-order valence-electron chi connectivity index (χ1n) is 8.18. The van der Waals surface area contributed by atoms with Crippen LogP contribution in [0.1, 0.15) is 29.5 Å². The van der Waals surface area contributed by atoms with Gasteiger partial charge in [0.1, 0.15) is 18.1 Å². The molecular weight excluding hydrogens is 304 g/mol. The van der Waals surface area contributed by atoms with Crippen LogP contribution in [0.25, 0.3) is 0 Å². The molecule has 0 bridgehead atoms. The monoisotopic (exact) mass is 324 g/mol. The maximum Gasteiger partial charge on any atom is 0.315 e. The van der Waals surface area contributed by atoms with Gasteiger partial charge in [-0.1, -0.05) is 36.4 Å². The molecular formula is C19H20N2O3. The van der Waals surface area contributed by atoms with E-state index in [0.29, 0.717) is 12.5 Å². The summed E-state index contributed by atoms with van der Waals surface area (Å²) >= 11 is 0. The summed E-state index contributed by atoms with van der Waals surface area (Å²) < 4.78 is 11.0. The van der Waals surface area contributed by atoms with E-state index >= 15 is 0 Å². The quantitative estimate of drug-likeness (QED) is 0.909. The number of para-hydroxylation sites is 2. The molecule has 24 heavy (non-hydrogen) atoms. The fraction of sp³-hybridized carbons (Fsp3) is 0.316. The van der Waals surface area contributed by atoms with Crippen molar-refractivity contribution in [3.8, 4) is 11.5 Å². The fourth-order valence-electron chi connectivity index (χ4n) is 3.32. The summed E-state index contributed by atoms with van der Waals surface area (Å²) in [6.45, 7) is 0.480. The van der Waals surface area contributed by atoms with Gasteiger partial charge in [-0.25, -0.2) is 4.79 Å². The van der Waals surface area contributed by atoms with E-state index in [0.717, 1.165) is 29.0 Å². The van der Waals surface area contributed by atoms with Gasteiger partial charge in [-0.15, -0.1) is 0 Å². The van der Waals surface area contributed by atoms with Crippen LogP contribution < -0.4 is 20.1 Å². The molecule has 4 rings (SSSR count). The maximum atomic E-state index is 12.3. The predicted molar refractivity (Wildman–Crippen MR) is 90.5 cm³/mol. The molecule has 3 unspecified atom stereocenters. The van der Waals surface area contributed by atoms with Gasteiger partial charge in [0, 0.05) is 17.5 Å². The molecule has 3 atom stereocenters. The Morgan fingerprint density at radius 2 is 1.83 bits per heavy atom. The molecule has 1 saturated carbocycles. The Bertz CT molecular complexity index is 762. The molecule has 0 saturated heterocycles. The summed E-state index contributed by atoms with van der Waals surface area (Å²) in [5, 5.41) is 6.05. The van der Waals surface area contributed by atoms with Gasteiger partial charge in [-0.3, -0.25) is 0 Å². The van der Waals surface area contributed by atoms with Crippen LogP contribution in [-0.2, 0) is 0 Å². The number of methoxy groups -OCH3 is 1. The molecule has 2 aliphatic rings. The molecule has 1 aliphatic carbocycles. The lowest BCUT2D eigenvalue weighted by Gasteiger charge is -2.13. The topological polar surface area (TPSA) is 59.6 Å². The molecule has 2 amide bonds. The highest BCUT2D eigenvalue weighted by Crippen LogP contribution is 2.44. The fourth-order valence-corrected chi connectivity index (χ4v) is 3.32. The normalized spacial score (nSPS) is 23.8. The van der Waals surface area contributed by atoms with E-state index in [1.54, 1.807) is 7.11 Å². The molecule has 2 N–H and O–H groups in total. The molecule has 0 radical (unpaired) electrons. The first kappa shape index (κ1) is 14.9. The third kappa shape index (κ3) is 2.77. The Morgan fingerprint density at radius 1 is 1.08 bits per heavy atom. The Morgan fingerprint density at radius 3 is 2.67 bits per heavy atom. The second kappa shape index (κ2) is 6.07. The van der Waals surface area contributed by atoms with Crippen molar-refractivity contribution >= 4 is 6.03 Å². The molecule has 0 spiro atoms. The Hall–Kier alpha value is -2.69. The minimum atomic E-state index is -0.150. The minimum Gasteiger partial charge on any atom is -0.496 e. The number of urea groups is 1. The highest BCUT2D eigenvalue weighted by atomic mass is 16.5. The van der Waals surface area contributed by atoms with Crippen molar-refractivity contribution in [3.05, 3.63) is 59.7 Å². The molecule has 1 aliphatic heterocycles. The zero-order valence-electron chi connectivity index (χ0n) is 13.5. The largest absolute Gasteiger partial charge is 0.496 e. The standard InChI is InChI=1S/C19H20N2O3/c1-23-17-8-4-2-6-12(17)14-10-15(14)20-19(22)21-16-11-24-18-9-5-3-7-13(16)18/h2-9,14-16H,10-11H2,1H3,(H2,20,21,22). The Labute approximate surface area is 141 Å². The van der Waals surface area contributed by atoms with Crippen molar-refractivity contribution in [2.45, 2.75) is 24.4 Å². The van der Waals surface area contributed by atoms with Gasteiger partial charge in [0.25, 0.3) is 0 Å². The molecule has 5 heteroatoms. The average molecular weight is 324 g/mol. The highest BCUT2D eigenvalue weighted by molar-refractivity contribution is 5.76. The van der Waals surface area contributed by atoms with Crippen molar-refractivity contribution < 1.29 is 14.3 Å². The van der Waals surface area contributed by atoms with Gasteiger partial charge in [0.2, 0.25) is 0 Å². The number of ether oxygens (including phenoxy) is 2. The van der Waals surface area contributed by atoms with Crippen LogP contribution in [-0.4, -0.2) is 25.8 Å². The van der Waals surface area contributed by atoms with Gasteiger partial charge < -0.3 is 20.1 Å². The van der Waals surface area contributed by atoms with E-state index in [9.17, 15) is 4.79 Å². The van der Waals surface area contributed by atoms with Crippen LogP contribution in [0.2, 0.25) is 0 Å². The number of benzene rings is 2. The van der Waals surface area contributed by atoms with Crippen LogP contribution >= 0.6 is 0 Å². The molecule has 124 valence electrons. The lowest BCUT2D eigenvalue weighted by atomic mass is 10.1. The van der Waals surface area contributed by atoms with Crippen molar-refractivity contribution in [1.82, 2.24) is 10.6 Å². The summed E-state index contributed by atoms with van der Waals surface area (Å²) in [6, 6.07) is 15.7. The van der Waals surface area contributed by atoms with Crippen LogP contribution in [0.4, 0.5) is 4.79 Å². The second-order valence-electron chi connectivity index (χ2n) is 6.21. The molecule has 2 aromatic rings. The van der Waals surface area contributed by atoms with E-state index in [-0.39, 0.29) is 18.1 Å². The highest BCUT2D eigenvalue weighted by Gasteiger charge is 2.41. The maximum absolute atomic E-state index is 12.3. The van der Waals surface area contributed by atoms with Crippen LogP contribution in [0.5, 0.6) is 11.5 Å². The molecule has 2 aromatic carbocycles. The predicted octanol–water partition coefficient (Wildman–Crippen LogP) is 2.98. The summed E-state index contributed by atoms with van der Waals surface area (Å²) in [5.74, 6) is 2.05. The SMILES string of the molecule is COc1ccccc1C1CC1NC(=O)NC1COc2ccccc21. The lowest BCUT2D eigenvalue weighted by molar-refractivity contribution is 0.231. The number of carbonyl (C=O) groups excluding carboxylic acids is 1. The number of hydrogen-bond acceptors (Lipinski definition) is 3. The van der Waals surface area contributed by atoms with Crippen molar-refractivity contribution in [3.63, 3.8) is 0 Å². The van der Waals surface area contributed by atoms with Gasteiger partial charge in [0.15, 0.2) is 0 Å². The minimum absolute atomic E-state index is 0.0929. The summed E-state index contributed by atoms with van der Waals surface area (Å²) in [6.07, 6.45) is 0.936. The van der Waals surface area contributed by atoms with Gasteiger partial charge in [-0.05, 0) is 24.1 Å². The zero-order valence-corrected chi connectivity index (χ0v) is 13.5. The number of carbonyl (C=O) groups is 1. The zero-order chi connectivity index (χ0) is 16.5. The van der Waals surface area contributed by atoms with Crippen molar-refractivity contribution in [2.75, 3.05) is 13.7 Å². The number of fused-ring (bicyclic) bond motifs is 1. The van der Waals surface area contributed by atoms with E-state index < -0.39 is 0 Å². The molecule has 1 fully saturated rings. The summed E-state index contributed by atoms with van der Waals surface area (Å²) in [5.41, 5.74) is 2.18. The number of nitrogens with one attached hydrogen (secondary N) is 2. The van der Waals surface area contributed by atoms with E-state index in [1.165, 1.54) is 0 Å². The molecule has 0 aromatic heterocycles. The van der Waals surface area contributed by atoms with E-state index in [4.69, 9.17) is 9.47 Å². The van der Waals surface area contributed by atoms with Crippen LogP contribution in [0.15, 0.2) is 48.5 Å². The Kier molecular flexibility index (Phi) is 3.76. The number of hydrogen-bond donors (Lipinski definition) is 2. The van der Waals surface area contributed by atoms with E-state index in [2.05, 4.69) is 16.7 Å². The average Bonchev–Trinajstić information content (AvgIpc) is 3.26. The van der Waals surface area contributed by atoms with Gasteiger partial charge in [-0.2, -0.15) is 0 Å². The van der Waals surface area contributed by atoms with Crippen molar-refractivity contribution in [2.24, 2.45) is 0 Å². The number of rotatable bonds is 4. The molecule has 1 heterocycles. The summed E-state index contributed by atoms with van der Waals surface area (Å²) in [4.78, 5) is 12.3. The van der Waals surface area contributed by atoms with Gasteiger partial charge in [0.05, 0.1) is 13.2 Å². The van der Waals surface area contributed by atoms with Gasteiger partial charge >= 0.3 is 6.03 Å². The smallest absolute Gasteiger partial charge is 0.315 e. The molecule has 5 nitrogen and oxygen atoms in total. The first-order valence-corrected chi connectivity index (χ1v) is 8.18. The van der Waals surface area contributed by atoms with E-state index in [1.807, 2.05) is 42.5 Å². The van der Waals surface area contributed by atoms with Crippen molar-refractivity contribution in [1.29, 1.82) is 0 Å². The number of amides is 2. The second-order valence-corrected chi connectivity index (χ2v) is 6.21.